The van der Waals surface area contributed by atoms with Crippen LogP contribution in [0, 0.1) is 6.92 Å². The van der Waals surface area contributed by atoms with E-state index in [1.165, 1.54) is 126 Å². The molecule has 10 rings (SSSR count). The summed E-state index contributed by atoms with van der Waals surface area (Å²) in [6.45, 7) is 4.70. The predicted molar refractivity (Wildman–Crippen MR) is 234 cm³/mol. The zero-order valence-corrected chi connectivity index (χ0v) is 32.1. The highest BCUT2D eigenvalue weighted by atomic mass is 15.0. The van der Waals surface area contributed by atoms with Crippen LogP contribution in [0.1, 0.15) is 91.3 Å². The van der Waals surface area contributed by atoms with Crippen LogP contribution in [0.25, 0.3) is 72.3 Å². The number of aromatic nitrogens is 2. The maximum absolute atomic E-state index is 5.34. The van der Waals surface area contributed by atoms with Crippen LogP contribution in [0.3, 0.4) is 0 Å². The first-order valence-corrected chi connectivity index (χ1v) is 20.6. The van der Waals surface area contributed by atoms with Crippen LogP contribution < -0.4 is 0 Å². The molecule has 6 aromatic carbocycles. The van der Waals surface area contributed by atoms with E-state index in [-0.39, 0.29) is 0 Å². The van der Waals surface area contributed by atoms with Crippen molar-refractivity contribution in [3.8, 4) is 28.1 Å². The third kappa shape index (κ3) is 5.91. The Morgan fingerprint density at radius 1 is 0.636 bits per heavy atom. The molecule has 0 bridgehead atoms. The molecule has 270 valence electrons. The van der Waals surface area contributed by atoms with Gasteiger partial charge in [0.1, 0.15) is 0 Å². The van der Waals surface area contributed by atoms with Gasteiger partial charge in [-0.05, 0) is 137 Å². The van der Waals surface area contributed by atoms with Gasteiger partial charge in [-0.3, -0.25) is 4.98 Å². The average molecular weight is 713 g/mol. The number of nitrogens with zero attached hydrogens (tertiary/aromatic N) is 2. The molecule has 1 saturated carbocycles. The van der Waals surface area contributed by atoms with Gasteiger partial charge in [-0.2, -0.15) is 0 Å². The Balaban J connectivity index is 1.16. The molecule has 55 heavy (non-hydrogen) atoms. The largest absolute Gasteiger partial charge is 0.309 e. The van der Waals surface area contributed by atoms with E-state index in [0.29, 0.717) is 5.92 Å². The van der Waals surface area contributed by atoms with Crippen LogP contribution in [0.2, 0.25) is 0 Å². The van der Waals surface area contributed by atoms with Crippen molar-refractivity contribution in [1.82, 2.24) is 9.55 Å². The van der Waals surface area contributed by atoms with Crippen LogP contribution in [0.5, 0.6) is 0 Å². The molecule has 2 aliphatic rings. The van der Waals surface area contributed by atoms with Gasteiger partial charge in [-0.25, -0.2) is 0 Å². The Bertz CT molecular complexity index is 2740. The fourth-order valence-corrected chi connectivity index (χ4v) is 9.95. The molecular formula is C53H48N2. The Morgan fingerprint density at radius 3 is 2.20 bits per heavy atom. The Labute approximate surface area is 325 Å². The van der Waals surface area contributed by atoms with Gasteiger partial charge in [0, 0.05) is 33.6 Å². The lowest BCUT2D eigenvalue weighted by Crippen LogP contribution is -2.09. The second-order valence-corrected chi connectivity index (χ2v) is 15.9. The van der Waals surface area contributed by atoms with Gasteiger partial charge in [-0.1, -0.05) is 130 Å². The predicted octanol–water partition coefficient (Wildman–Crippen LogP) is 14.5. The van der Waals surface area contributed by atoms with Crippen molar-refractivity contribution in [2.24, 2.45) is 0 Å². The highest BCUT2D eigenvalue weighted by Crippen LogP contribution is 2.45. The van der Waals surface area contributed by atoms with E-state index >= 15 is 0 Å². The van der Waals surface area contributed by atoms with Crippen molar-refractivity contribution in [2.45, 2.75) is 77.6 Å². The van der Waals surface area contributed by atoms with Gasteiger partial charge in [0.05, 0.1) is 16.7 Å². The van der Waals surface area contributed by atoms with Crippen molar-refractivity contribution in [3.63, 3.8) is 0 Å². The molecule has 0 saturated heterocycles. The fourth-order valence-electron chi connectivity index (χ4n) is 9.95. The standard InChI is InChI=1S/C53H48N2/c1-3-16-42-35(2)47-31-38(40-33-49(36-17-7-4-8-18-36)54-50(34-40)37-19-9-5-10-20-37)27-29-46(47)53-43(24-15-25-45(42)53)39-28-30-52-48(32-39)44-23-13-14-26-51(44)55(52)41-21-11-6-12-22-41/h4,6-8,11-15,17-18,21-26,28,30-34,37H,3,5,9-10,16,19-20,27,29H2,1-2H3. The molecule has 2 heterocycles. The number of fused-ring (bicyclic) bond motifs is 6. The molecule has 2 nitrogen and oxygen atoms in total. The second kappa shape index (κ2) is 14.2. The SMILES string of the molecule is CCCc1c(C)c2c(c3c(-c4ccc5c(c4)c4ccccc4n5-c4ccccc4)cccc13)CCC(c1cc(-c3ccccc3)nc(C3CCCCC3)c1)=C2. The number of aryl methyl sites for hydroxylation is 2. The smallest absolute Gasteiger partial charge is 0.0711 e. The zero-order chi connectivity index (χ0) is 36.9. The van der Waals surface area contributed by atoms with Crippen LogP contribution in [-0.4, -0.2) is 9.55 Å². The summed E-state index contributed by atoms with van der Waals surface area (Å²) in [5, 5.41) is 5.46. The summed E-state index contributed by atoms with van der Waals surface area (Å²) < 4.78 is 2.41. The molecule has 0 unspecified atom stereocenters. The molecule has 0 amide bonds. The van der Waals surface area contributed by atoms with Crippen molar-refractivity contribution in [1.29, 1.82) is 0 Å². The molecule has 0 atom stereocenters. The lowest BCUT2D eigenvalue weighted by atomic mass is 9.78. The lowest BCUT2D eigenvalue weighted by molar-refractivity contribution is 0.437. The summed E-state index contributed by atoms with van der Waals surface area (Å²) in [5.41, 5.74) is 18.6. The van der Waals surface area contributed by atoms with Crippen molar-refractivity contribution in [2.75, 3.05) is 0 Å². The molecule has 1 fully saturated rings. The maximum Gasteiger partial charge on any atom is 0.0711 e. The Kier molecular flexibility index (Phi) is 8.71. The first kappa shape index (κ1) is 33.8. The summed E-state index contributed by atoms with van der Waals surface area (Å²) in [4.78, 5) is 5.34. The van der Waals surface area contributed by atoms with Gasteiger partial charge in [0.15, 0.2) is 0 Å². The first-order valence-electron chi connectivity index (χ1n) is 20.6. The molecule has 0 N–H and O–H groups in total. The van der Waals surface area contributed by atoms with E-state index in [9.17, 15) is 0 Å². The molecule has 2 heteroatoms. The minimum Gasteiger partial charge on any atom is -0.309 e. The van der Waals surface area contributed by atoms with Gasteiger partial charge >= 0.3 is 0 Å². The molecule has 8 aromatic rings. The van der Waals surface area contributed by atoms with E-state index in [1.807, 2.05) is 0 Å². The molecular weight excluding hydrogens is 665 g/mol. The maximum atomic E-state index is 5.34. The number of rotatable bonds is 7. The second-order valence-electron chi connectivity index (χ2n) is 15.9. The van der Waals surface area contributed by atoms with Crippen LogP contribution in [-0.2, 0) is 12.8 Å². The number of para-hydroxylation sites is 2. The normalized spacial score (nSPS) is 14.8. The Morgan fingerprint density at radius 2 is 1.38 bits per heavy atom. The number of allylic oxidation sites excluding steroid dienone is 1. The third-order valence-corrected chi connectivity index (χ3v) is 12.6. The van der Waals surface area contributed by atoms with E-state index in [1.54, 1.807) is 0 Å². The summed E-state index contributed by atoms with van der Waals surface area (Å²) in [7, 11) is 0. The van der Waals surface area contributed by atoms with Crippen LogP contribution in [0.15, 0.2) is 133 Å². The molecule has 0 spiro atoms. The van der Waals surface area contributed by atoms with Gasteiger partial charge in [0.25, 0.3) is 0 Å². The van der Waals surface area contributed by atoms with E-state index in [4.69, 9.17) is 4.98 Å². The molecule has 0 aliphatic heterocycles. The van der Waals surface area contributed by atoms with Crippen molar-refractivity contribution in [3.05, 3.63) is 167 Å². The minimum absolute atomic E-state index is 0.552. The average Bonchev–Trinajstić information content (AvgIpc) is 3.59. The molecule has 2 aromatic heterocycles. The van der Waals surface area contributed by atoms with E-state index in [2.05, 4.69) is 158 Å². The van der Waals surface area contributed by atoms with E-state index < -0.39 is 0 Å². The highest BCUT2D eigenvalue weighted by Gasteiger charge is 2.25. The summed E-state index contributed by atoms with van der Waals surface area (Å²) >= 11 is 0. The van der Waals surface area contributed by atoms with Crippen LogP contribution >= 0.6 is 0 Å². The summed E-state index contributed by atoms with van der Waals surface area (Å²) in [6.07, 6.45) is 13.3. The summed E-state index contributed by atoms with van der Waals surface area (Å²) in [5.74, 6) is 0.552. The lowest BCUT2D eigenvalue weighted by Gasteiger charge is -2.26. The monoisotopic (exact) mass is 712 g/mol. The quantitative estimate of drug-likeness (QED) is 0.161. The van der Waals surface area contributed by atoms with Gasteiger partial charge in [0.2, 0.25) is 0 Å². The molecule has 2 aliphatic carbocycles. The van der Waals surface area contributed by atoms with Gasteiger partial charge in [-0.15, -0.1) is 0 Å². The Hall–Kier alpha value is -5.73. The summed E-state index contributed by atoms with van der Waals surface area (Å²) in [6, 6.07) is 49.5. The van der Waals surface area contributed by atoms with E-state index in [0.717, 1.165) is 31.4 Å². The highest BCUT2D eigenvalue weighted by molar-refractivity contribution is 6.12. The fraction of sp³-hybridized carbons (Fsp3) is 0.226. The first-order chi connectivity index (χ1) is 27.2. The number of benzene rings is 6. The molecule has 0 radical (unpaired) electrons. The van der Waals surface area contributed by atoms with Gasteiger partial charge < -0.3 is 4.57 Å². The number of hydrogen-bond acceptors (Lipinski definition) is 1. The zero-order valence-electron chi connectivity index (χ0n) is 32.1. The van der Waals surface area contributed by atoms with Crippen LogP contribution in [0.4, 0.5) is 0 Å². The third-order valence-electron chi connectivity index (χ3n) is 12.6. The van der Waals surface area contributed by atoms with Crippen molar-refractivity contribution >= 4 is 44.2 Å². The number of hydrogen-bond donors (Lipinski definition) is 0. The number of pyridine rings is 1. The van der Waals surface area contributed by atoms with Crippen molar-refractivity contribution < 1.29 is 0 Å². The minimum atomic E-state index is 0.552. The topological polar surface area (TPSA) is 17.8 Å².